The second kappa shape index (κ2) is 7.18. The van der Waals surface area contributed by atoms with Crippen molar-refractivity contribution < 1.29 is 0 Å². The standard InChI is InChI=1S/C14H20N6/c1-2-3-9-16-13-12(15)14(18-10-17-13)20-19-11-7-5-4-6-8-11/h4-8,10,19H,2-3,9,15H2,1H3,(H2,16,17,18,20). The SMILES string of the molecule is CCCCNc1ncnc(NNc2ccccc2)c1N. The molecular formula is C14H20N6. The quantitative estimate of drug-likeness (QED) is 0.458. The van der Waals surface area contributed by atoms with Crippen LogP contribution in [0, 0.1) is 0 Å². The van der Waals surface area contributed by atoms with Crippen molar-refractivity contribution >= 4 is 23.0 Å². The Morgan fingerprint density at radius 2 is 1.80 bits per heavy atom. The monoisotopic (exact) mass is 272 g/mol. The molecule has 0 atom stereocenters. The number of benzene rings is 1. The molecule has 6 nitrogen and oxygen atoms in total. The third-order valence-electron chi connectivity index (χ3n) is 2.81. The molecule has 0 amide bonds. The molecule has 0 aliphatic heterocycles. The Morgan fingerprint density at radius 1 is 1.05 bits per heavy atom. The average molecular weight is 272 g/mol. The van der Waals surface area contributed by atoms with Gasteiger partial charge >= 0.3 is 0 Å². The predicted molar refractivity (Wildman–Crippen MR) is 83.5 cm³/mol. The molecule has 20 heavy (non-hydrogen) atoms. The summed E-state index contributed by atoms with van der Waals surface area (Å²) in [4.78, 5) is 8.28. The van der Waals surface area contributed by atoms with Crippen LogP contribution >= 0.6 is 0 Å². The molecule has 0 fully saturated rings. The number of aromatic nitrogens is 2. The second-order valence-corrected chi connectivity index (χ2v) is 4.38. The van der Waals surface area contributed by atoms with Crippen LogP contribution in [0.1, 0.15) is 19.8 Å². The molecule has 2 rings (SSSR count). The lowest BCUT2D eigenvalue weighted by atomic mass is 10.3. The molecule has 0 spiro atoms. The predicted octanol–water partition coefficient (Wildman–Crippen LogP) is 2.71. The zero-order valence-corrected chi connectivity index (χ0v) is 11.6. The topological polar surface area (TPSA) is 87.9 Å². The van der Waals surface area contributed by atoms with Crippen molar-refractivity contribution in [1.82, 2.24) is 9.97 Å². The van der Waals surface area contributed by atoms with Crippen LogP contribution in [0.4, 0.5) is 23.0 Å². The highest BCUT2D eigenvalue weighted by molar-refractivity contribution is 5.74. The number of nitrogens with zero attached hydrogens (tertiary/aromatic N) is 2. The summed E-state index contributed by atoms with van der Waals surface area (Å²) in [6, 6.07) is 9.76. The lowest BCUT2D eigenvalue weighted by molar-refractivity contribution is 0.831. The number of rotatable bonds is 7. The fourth-order valence-electron chi connectivity index (χ4n) is 1.67. The Kier molecular flexibility index (Phi) is 5.00. The summed E-state index contributed by atoms with van der Waals surface area (Å²) in [6.45, 7) is 2.99. The van der Waals surface area contributed by atoms with E-state index in [9.17, 15) is 0 Å². The molecule has 0 saturated heterocycles. The molecule has 0 aliphatic rings. The van der Waals surface area contributed by atoms with Gasteiger partial charge in [-0.3, -0.25) is 10.9 Å². The number of hydrogen-bond donors (Lipinski definition) is 4. The Morgan fingerprint density at radius 3 is 2.55 bits per heavy atom. The number of unbranched alkanes of at least 4 members (excludes halogenated alkanes) is 1. The first-order valence-electron chi connectivity index (χ1n) is 6.72. The Hall–Kier alpha value is -2.50. The van der Waals surface area contributed by atoms with Crippen LogP contribution < -0.4 is 21.9 Å². The van der Waals surface area contributed by atoms with Gasteiger partial charge in [0.15, 0.2) is 11.6 Å². The average Bonchev–Trinajstić information content (AvgIpc) is 2.49. The van der Waals surface area contributed by atoms with Crippen LogP contribution in [-0.2, 0) is 0 Å². The Bertz CT molecular complexity index is 528. The van der Waals surface area contributed by atoms with Crippen molar-refractivity contribution in [2.75, 3.05) is 28.4 Å². The van der Waals surface area contributed by atoms with Crippen LogP contribution in [0.2, 0.25) is 0 Å². The summed E-state index contributed by atoms with van der Waals surface area (Å²) in [5, 5.41) is 3.21. The van der Waals surface area contributed by atoms with E-state index in [1.54, 1.807) is 0 Å². The number of nitrogens with two attached hydrogens (primary N) is 1. The summed E-state index contributed by atoms with van der Waals surface area (Å²) in [5.41, 5.74) is 13.5. The van der Waals surface area contributed by atoms with E-state index >= 15 is 0 Å². The van der Waals surface area contributed by atoms with E-state index in [0.717, 1.165) is 25.1 Å². The number of hydrazine groups is 1. The third kappa shape index (κ3) is 3.74. The van der Waals surface area contributed by atoms with Crippen molar-refractivity contribution in [2.45, 2.75) is 19.8 Å². The maximum absolute atomic E-state index is 6.04. The first-order valence-corrected chi connectivity index (χ1v) is 6.72. The smallest absolute Gasteiger partial charge is 0.173 e. The molecule has 0 aliphatic carbocycles. The highest BCUT2D eigenvalue weighted by Gasteiger charge is 2.06. The molecule has 5 N–H and O–H groups in total. The normalized spacial score (nSPS) is 10.1. The van der Waals surface area contributed by atoms with Gasteiger partial charge < -0.3 is 11.1 Å². The summed E-state index contributed by atoms with van der Waals surface area (Å²) in [7, 11) is 0. The minimum Gasteiger partial charge on any atom is -0.393 e. The molecule has 1 aromatic carbocycles. The molecule has 0 radical (unpaired) electrons. The summed E-state index contributed by atoms with van der Waals surface area (Å²) in [5.74, 6) is 1.22. The van der Waals surface area contributed by atoms with Crippen molar-refractivity contribution in [1.29, 1.82) is 0 Å². The van der Waals surface area contributed by atoms with Gasteiger partial charge in [0.25, 0.3) is 0 Å². The summed E-state index contributed by atoms with van der Waals surface area (Å²) < 4.78 is 0. The first-order chi connectivity index (χ1) is 9.81. The zero-order chi connectivity index (χ0) is 14.2. The Balaban J connectivity index is 1.99. The van der Waals surface area contributed by atoms with E-state index in [1.807, 2.05) is 30.3 Å². The van der Waals surface area contributed by atoms with E-state index in [1.165, 1.54) is 6.33 Å². The number of nitrogens with one attached hydrogen (secondary N) is 3. The molecule has 0 saturated carbocycles. The van der Waals surface area contributed by atoms with E-state index in [2.05, 4.69) is 33.1 Å². The fraction of sp³-hybridized carbons (Fsp3) is 0.286. The van der Waals surface area contributed by atoms with Gasteiger partial charge in [0.05, 0.1) is 5.69 Å². The third-order valence-corrected chi connectivity index (χ3v) is 2.81. The van der Waals surface area contributed by atoms with E-state index in [-0.39, 0.29) is 0 Å². The zero-order valence-electron chi connectivity index (χ0n) is 11.6. The lowest BCUT2D eigenvalue weighted by Gasteiger charge is -2.13. The molecule has 1 heterocycles. The fourth-order valence-corrected chi connectivity index (χ4v) is 1.67. The van der Waals surface area contributed by atoms with Gasteiger partial charge in [-0.2, -0.15) is 0 Å². The van der Waals surface area contributed by atoms with Crippen molar-refractivity contribution in [3.05, 3.63) is 36.7 Å². The van der Waals surface area contributed by atoms with Crippen LogP contribution in [0.15, 0.2) is 36.7 Å². The van der Waals surface area contributed by atoms with E-state index < -0.39 is 0 Å². The minimum atomic E-state index is 0.507. The van der Waals surface area contributed by atoms with E-state index in [4.69, 9.17) is 5.73 Å². The maximum Gasteiger partial charge on any atom is 0.173 e. The van der Waals surface area contributed by atoms with Gasteiger partial charge in [-0.05, 0) is 18.6 Å². The number of hydrogen-bond acceptors (Lipinski definition) is 6. The second-order valence-electron chi connectivity index (χ2n) is 4.38. The molecule has 6 heteroatoms. The van der Waals surface area contributed by atoms with Gasteiger partial charge in [-0.1, -0.05) is 31.5 Å². The maximum atomic E-state index is 6.04. The first kappa shape index (κ1) is 13.9. The van der Waals surface area contributed by atoms with Crippen LogP contribution in [0.5, 0.6) is 0 Å². The molecule has 2 aromatic rings. The Labute approximate surface area is 118 Å². The van der Waals surface area contributed by atoms with Gasteiger partial charge in [0.2, 0.25) is 0 Å². The van der Waals surface area contributed by atoms with Crippen LogP contribution in [0.25, 0.3) is 0 Å². The number of para-hydroxylation sites is 1. The molecule has 0 bridgehead atoms. The highest BCUT2D eigenvalue weighted by atomic mass is 15.4. The minimum absolute atomic E-state index is 0.507. The summed E-state index contributed by atoms with van der Waals surface area (Å²) >= 11 is 0. The molecule has 106 valence electrons. The number of anilines is 4. The molecular weight excluding hydrogens is 252 g/mol. The van der Waals surface area contributed by atoms with Gasteiger partial charge in [0.1, 0.15) is 12.0 Å². The molecule has 0 unspecified atom stereocenters. The highest BCUT2D eigenvalue weighted by Crippen LogP contribution is 2.22. The summed E-state index contributed by atoms with van der Waals surface area (Å²) in [6.07, 6.45) is 3.69. The van der Waals surface area contributed by atoms with Crippen LogP contribution in [0.3, 0.4) is 0 Å². The molecule has 1 aromatic heterocycles. The number of nitrogen functional groups attached to an aromatic ring is 1. The van der Waals surface area contributed by atoms with Gasteiger partial charge in [-0.15, -0.1) is 0 Å². The lowest BCUT2D eigenvalue weighted by Crippen LogP contribution is -2.14. The largest absolute Gasteiger partial charge is 0.393 e. The van der Waals surface area contributed by atoms with Gasteiger partial charge in [-0.25, -0.2) is 9.97 Å². The van der Waals surface area contributed by atoms with Crippen molar-refractivity contribution in [3.63, 3.8) is 0 Å². The van der Waals surface area contributed by atoms with Crippen molar-refractivity contribution in [2.24, 2.45) is 0 Å². The van der Waals surface area contributed by atoms with Gasteiger partial charge in [0, 0.05) is 6.54 Å². The van der Waals surface area contributed by atoms with Crippen molar-refractivity contribution in [3.8, 4) is 0 Å². The van der Waals surface area contributed by atoms with Crippen LogP contribution in [-0.4, -0.2) is 16.5 Å². The van der Waals surface area contributed by atoms with E-state index in [0.29, 0.717) is 17.3 Å².